The topological polar surface area (TPSA) is 136 Å². The van der Waals surface area contributed by atoms with Crippen molar-refractivity contribution in [1.82, 2.24) is 10.7 Å². The molecule has 2 rings (SSSR count). The first-order valence-corrected chi connectivity index (χ1v) is 10.5. The highest BCUT2D eigenvalue weighted by Crippen LogP contribution is 2.12. The minimum Gasteiger partial charge on any atom is -0.482 e. The van der Waals surface area contributed by atoms with Gasteiger partial charge in [-0.1, -0.05) is 42.5 Å². The zero-order valence-corrected chi connectivity index (χ0v) is 19.3. The standard InChI is InChI=1S/C24H29N3O7/c1-24(2,3)34-23(31)26-20(15-32-14-17-8-5-4-6-9-17)22(30)27-25-13-18-10-7-11-19(12-18)33-16-21(28)29/h4-13,20H,14-16H2,1-3H3,(H,26,31)(H,27,30)(H,28,29)/b25-13-/t20-/m0/s1. The summed E-state index contributed by atoms with van der Waals surface area (Å²) in [4.78, 5) is 35.5. The Balaban J connectivity index is 1.98. The Morgan fingerprint density at radius 1 is 1.09 bits per heavy atom. The van der Waals surface area contributed by atoms with Crippen molar-refractivity contribution in [3.8, 4) is 5.75 Å². The molecule has 0 saturated carbocycles. The molecular weight excluding hydrogens is 442 g/mol. The average molecular weight is 472 g/mol. The van der Waals surface area contributed by atoms with Crippen molar-refractivity contribution in [3.63, 3.8) is 0 Å². The third-order valence-corrected chi connectivity index (χ3v) is 4.01. The second-order valence-electron chi connectivity index (χ2n) is 8.19. The number of carboxylic acid groups (broad SMARTS) is 1. The number of aliphatic carboxylic acids is 1. The van der Waals surface area contributed by atoms with E-state index in [1.54, 1.807) is 45.0 Å². The molecule has 0 saturated heterocycles. The number of carboxylic acids is 1. The highest BCUT2D eigenvalue weighted by molar-refractivity contribution is 5.87. The van der Waals surface area contributed by atoms with E-state index in [0.29, 0.717) is 11.3 Å². The third-order valence-electron chi connectivity index (χ3n) is 4.01. The molecule has 10 nitrogen and oxygen atoms in total. The first kappa shape index (κ1) is 26.3. The molecule has 182 valence electrons. The lowest BCUT2D eigenvalue weighted by Gasteiger charge is -2.22. The summed E-state index contributed by atoms with van der Waals surface area (Å²) in [5.74, 6) is -1.35. The molecule has 0 aliphatic heterocycles. The average Bonchev–Trinajstić information content (AvgIpc) is 2.77. The zero-order valence-electron chi connectivity index (χ0n) is 19.3. The summed E-state index contributed by atoms with van der Waals surface area (Å²) in [5.41, 5.74) is 3.12. The maximum atomic E-state index is 12.7. The Morgan fingerprint density at radius 2 is 1.82 bits per heavy atom. The molecule has 0 heterocycles. The second-order valence-corrected chi connectivity index (χ2v) is 8.19. The Morgan fingerprint density at radius 3 is 2.50 bits per heavy atom. The number of alkyl carbamates (subject to hydrolysis) is 1. The van der Waals surface area contributed by atoms with Crippen molar-refractivity contribution < 1.29 is 33.7 Å². The van der Waals surface area contributed by atoms with Gasteiger partial charge in [0.25, 0.3) is 5.91 Å². The van der Waals surface area contributed by atoms with Gasteiger partial charge in [0, 0.05) is 0 Å². The van der Waals surface area contributed by atoms with Gasteiger partial charge in [-0.05, 0) is 44.0 Å². The molecule has 0 fully saturated rings. The van der Waals surface area contributed by atoms with Crippen LogP contribution in [0, 0.1) is 0 Å². The quantitative estimate of drug-likeness (QED) is 0.339. The van der Waals surface area contributed by atoms with E-state index in [-0.39, 0.29) is 13.2 Å². The van der Waals surface area contributed by atoms with Crippen LogP contribution in [-0.4, -0.2) is 54.1 Å². The fraction of sp³-hybridized carbons (Fsp3) is 0.333. The van der Waals surface area contributed by atoms with E-state index in [1.165, 1.54) is 6.21 Å². The van der Waals surface area contributed by atoms with Crippen molar-refractivity contribution >= 4 is 24.2 Å². The number of nitrogens with one attached hydrogen (secondary N) is 2. The van der Waals surface area contributed by atoms with E-state index < -0.39 is 36.2 Å². The first-order valence-electron chi connectivity index (χ1n) is 10.5. The van der Waals surface area contributed by atoms with Crippen LogP contribution in [0.3, 0.4) is 0 Å². The van der Waals surface area contributed by atoms with Gasteiger partial charge in [0.1, 0.15) is 17.4 Å². The zero-order chi connectivity index (χ0) is 25.0. The van der Waals surface area contributed by atoms with E-state index >= 15 is 0 Å². The number of carbonyl (C=O) groups is 3. The van der Waals surface area contributed by atoms with E-state index in [9.17, 15) is 14.4 Å². The van der Waals surface area contributed by atoms with Gasteiger partial charge in [-0.25, -0.2) is 15.0 Å². The van der Waals surface area contributed by atoms with Crippen LogP contribution in [0.1, 0.15) is 31.9 Å². The van der Waals surface area contributed by atoms with Crippen molar-refractivity contribution in [2.75, 3.05) is 13.2 Å². The molecule has 0 spiro atoms. The largest absolute Gasteiger partial charge is 0.482 e. The predicted octanol–water partition coefficient (Wildman–Crippen LogP) is 2.71. The van der Waals surface area contributed by atoms with Crippen LogP contribution in [0.4, 0.5) is 4.79 Å². The Hall–Kier alpha value is -3.92. The minimum absolute atomic E-state index is 0.103. The molecule has 1 atom stereocenters. The summed E-state index contributed by atoms with van der Waals surface area (Å²) in [7, 11) is 0. The lowest BCUT2D eigenvalue weighted by atomic mass is 10.2. The molecule has 0 aromatic heterocycles. The fourth-order valence-electron chi connectivity index (χ4n) is 2.58. The lowest BCUT2D eigenvalue weighted by Crippen LogP contribution is -2.49. The Kier molecular flexibility index (Phi) is 10.0. The van der Waals surface area contributed by atoms with Crippen molar-refractivity contribution in [2.45, 2.75) is 39.0 Å². The minimum atomic E-state index is -1.09. The number of nitrogens with zero attached hydrogens (tertiary/aromatic N) is 1. The second kappa shape index (κ2) is 12.9. The number of carbonyl (C=O) groups excluding carboxylic acids is 2. The number of ether oxygens (including phenoxy) is 3. The Bertz CT molecular complexity index is 988. The van der Waals surface area contributed by atoms with E-state index in [4.69, 9.17) is 19.3 Å². The Labute approximate surface area is 197 Å². The highest BCUT2D eigenvalue weighted by Gasteiger charge is 2.24. The van der Waals surface area contributed by atoms with E-state index in [0.717, 1.165) is 5.56 Å². The van der Waals surface area contributed by atoms with Crippen LogP contribution in [0.5, 0.6) is 5.75 Å². The molecular formula is C24H29N3O7. The molecule has 10 heteroatoms. The molecule has 3 N–H and O–H groups in total. The van der Waals surface area contributed by atoms with Crippen LogP contribution in [0.25, 0.3) is 0 Å². The van der Waals surface area contributed by atoms with Crippen molar-refractivity contribution in [3.05, 3.63) is 65.7 Å². The highest BCUT2D eigenvalue weighted by atomic mass is 16.6. The van der Waals surface area contributed by atoms with Gasteiger partial charge in [0.05, 0.1) is 19.4 Å². The van der Waals surface area contributed by atoms with Crippen molar-refractivity contribution in [2.24, 2.45) is 5.10 Å². The molecule has 0 radical (unpaired) electrons. The van der Waals surface area contributed by atoms with Crippen LogP contribution in [0.2, 0.25) is 0 Å². The lowest BCUT2D eigenvalue weighted by molar-refractivity contribution is -0.139. The molecule has 0 aliphatic rings. The maximum Gasteiger partial charge on any atom is 0.408 e. The smallest absolute Gasteiger partial charge is 0.408 e. The number of hydrazone groups is 1. The number of hydrogen-bond acceptors (Lipinski definition) is 7. The molecule has 34 heavy (non-hydrogen) atoms. The van der Waals surface area contributed by atoms with Crippen LogP contribution in [-0.2, 0) is 25.7 Å². The fourth-order valence-corrected chi connectivity index (χ4v) is 2.58. The van der Waals surface area contributed by atoms with E-state index in [1.807, 2.05) is 30.3 Å². The number of hydrogen-bond donors (Lipinski definition) is 3. The van der Waals surface area contributed by atoms with Gasteiger partial charge >= 0.3 is 12.1 Å². The molecule has 0 unspecified atom stereocenters. The van der Waals surface area contributed by atoms with Crippen molar-refractivity contribution in [1.29, 1.82) is 0 Å². The maximum absolute atomic E-state index is 12.7. The summed E-state index contributed by atoms with van der Waals surface area (Å²) in [6.07, 6.45) is 0.601. The van der Waals surface area contributed by atoms with Crippen LogP contribution in [0.15, 0.2) is 59.7 Å². The van der Waals surface area contributed by atoms with Crippen LogP contribution >= 0.6 is 0 Å². The van der Waals surface area contributed by atoms with Gasteiger partial charge < -0.3 is 24.6 Å². The number of rotatable bonds is 11. The molecule has 2 aromatic rings. The number of amides is 2. The summed E-state index contributed by atoms with van der Waals surface area (Å²) >= 11 is 0. The van der Waals surface area contributed by atoms with Gasteiger partial charge in [0.15, 0.2) is 6.61 Å². The number of benzene rings is 2. The SMILES string of the molecule is CC(C)(C)OC(=O)N[C@@H](COCc1ccccc1)C(=O)N/N=C\c1cccc(OCC(=O)O)c1. The molecule has 2 amide bonds. The summed E-state index contributed by atoms with van der Waals surface area (Å²) in [5, 5.41) is 15.1. The summed E-state index contributed by atoms with van der Waals surface area (Å²) in [6, 6.07) is 14.9. The molecule has 2 aromatic carbocycles. The summed E-state index contributed by atoms with van der Waals surface area (Å²) in [6.45, 7) is 4.82. The van der Waals surface area contributed by atoms with Gasteiger partial charge in [-0.3, -0.25) is 4.79 Å². The van der Waals surface area contributed by atoms with Gasteiger partial charge in [-0.2, -0.15) is 5.10 Å². The van der Waals surface area contributed by atoms with Crippen LogP contribution < -0.4 is 15.5 Å². The van der Waals surface area contributed by atoms with Gasteiger partial charge in [0.2, 0.25) is 0 Å². The van der Waals surface area contributed by atoms with E-state index in [2.05, 4.69) is 15.8 Å². The predicted molar refractivity (Wildman–Crippen MR) is 125 cm³/mol. The molecule has 0 bridgehead atoms. The normalized spacial score (nSPS) is 12.1. The van der Waals surface area contributed by atoms with Gasteiger partial charge in [-0.15, -0.1) is 0 Å². The third kappa shape index (κ3) is 10.6. The first-order chi connectivity index (χ1) is 16.1. The summed E-state index contributed by atoms with van der Waals surface area (Å²) < 4.78 is 16.0. The monoisotopic (exact) mass is 471 g/mol. The molecule has 0 aliphatic carbocycles.